The molecule has 0 fully saturated rings. The molecule has 1 rings (SSSR count). The summed E-state index contributed by atoms with van der Waals surface area (Å²) in [4.78, 5) is 3.96. The first-order valence-electron chi connectivity index (χ1n) is 2.22. The van der Waals surface area contributed by atoms with Gasteiger partial charge in [0.25, 0.3) is 0 Å². The van der Waals surface area contributed by atoms with Crippen LogP contribution in [-0.2, 0) is 0 Å². The van der Waals surface area contributed by atoms with Crippen LogP contribution in [-0.4, -0.2) is 11.2 Å². The highest BCUT2D eigenvalue weighted by atomic mass is 32.2. The Morgan fingerprint density at radius 2 is 2.50 bits per heavy atom. The van der Waals surface area contributed by atoms with Gasteiger partial charge in [-0.25, -0.2) is 4.98 Å². The molecule has 0 saturated carbocycles. The molecule has 0 aliphatic rings. The number of rotatable bonds is 1. The first kappa shape index (κ1) is 6.11. The van der Waals surface area contributed by atoms with Crippen LogP contribution in [0.1, 0.15) is 5.01 Å². The monoisotopic (exact) mass is 144 g/mol. The summed E-state index contributed by atoms with van der Waals surface area (Å²) in [6.45, 7) is 1.99. The molecule has 0 spiro atoms. The maximum Gasteiger partial charge on any atom is 0.116 e. The predicted octanol–water partition coefficient (Wildman–Crippen LogP) is 1.97. The number of aryl methyl sites for hydroxylation is 1. The number of thiazole rings is 1. The Labute approximate surface area is 57.1 Å². The van der Waals surface area contributed by atoms with Gasteiger partial charge >= 0.3 is 0 Å². The van der Waals surface area contributed by atoms with Crippen molar-refractivity contribution in [2.75, 3.05) is 6.26 Å². The zero-order valence-corrected chi connectivity index (χ0v) is 6.40. The molecule has 8 heavy (non-hydrogen) atoms. The Kier molecular flexibility index (Phi) is 1.91. The highest BCUT2D eigenvalue weighted by Crippen LogP contribution is 2.20. The summed E-state index contributed by atoms with van der Waals surface area (Å²) in [6.07, 6.45) is 4.92. The van der Waals surface area contributed by atoms with Gasteiger partial charge in [-0.1, -0.05) is 0 Å². The molecular formula is C5H6NS2. The van der Waals surface area contributed by atoms with E-state index in [0.717, 1.165) is 5.01 Å². The van der Waals surface area contributed by atoms with Gasteiger partial charge in [-0.05, 0) is 13.2 Å². The Bertz CT molecular complexity index is 171. The molecule has 0 unspecified atom stereocenters. The van der Waals surface area contributed by atoms with Gasteiger partial charge in [0, 0.05) is 0 Å². The van der Waals surface area contributed by atoms with Crippen molar-refractivity contribution in [2.45, 2.75) is 11.1 Å². The van der Waals surface area contributed by atoms with Crippen molar-refractivity contribution in [3.63, 3.8) is 0 Å². The molecule has 0 N–H and O–H groups in total. The third-order valence-electron chi connectivity index (χ3n) is 0.730. The zero-order chi connectivity index (χ0) is 5.98. The van der Waals surface area contributed by atoms with Crippen LogP contribution < -0.4 is 0 Å². The van der Waals surface area contributed by atoms with Crippen molar-refractivity contribution in [1.82, 2.24) is 4.98 Å². The van der Waals surface area contributed by atoms with Gasteiger partial charge in [-0.15, -0.1) is 23.1 Å². The lowest BCUT2D eigenvalue weighted by molar-refractivity contribution is 1.26. The van der Waals surface area contributed by atoms with E-state index in [1.807, 2.05) is 13.2 Å². The van der Waals surface area contributed by atoms with E-state index in [-0.39, 0.29) is 0 Å². The summed E-state index contributed by atoms with van der Waals surface area (Å²) < 4.78 is 1.17. The number of thioether (sulfide) groups is 1. The summed E-state index contributed by atoms with van der Waals surface area (Å²) in [5.41, 5.74) is 0. The summed E-state index contributed by atoms with van der Waals surface area (Å²) in [7, 11) is 0. The van der Waals surface area contributed by atoms with Crippen molar-refractivity contribution in [3.05, 3.63) is 11.2 Å². The summed E-state index contributed by atoms with van der Waals surface area (Å²) in [6, 6.07) is 0. The minimum absolute atomic E-state index is 1.09. The standard InChI is InChI=1S/C5H6NS2/c1-4-6-3-5(7-2)8-4/h1-2H3. The quantitative estimate of drug-likeness (QED) is 0.559. The molecule has 43 valence electrons. The van der Waals surface area contributed by atoms with Crippen LogP contribution in [0.5, 0.6) is 0 Å². The van der Waals surface area contributed by atoms with Gasteiger partial charge in [-0.3, -0.25) is 0 Å². The van der Waals surface area contributed by atoms with Crippen LogP contribution in [0.2, 0.25) is 0 Å². The number of hydrogen-bond donors (Lipinski definition) is 0. The molecule has 0 atom stereocenters. The Morgan fingerprint density at radius 3 is 2.75 bits per heavy atom. The highest BCUT2D eigenvalue weighted by molar-refractivity contribution is 8.00. The van der Waals surface area contributed by atoms with Crippen molar-refractivity contribution < 1.29 is 0 Å². The minimum atomic E-state index is 1.09. The van der Waals surface area contributed by atoms with E-state index in [1.165, 1.54) is 4.21 Å². The topological polar surface area (TPSA) is 12.9 Å². The normalized spacial score (nSPS) is 9.75. The fourth-order valence-electron chi connectivity index (χ4n) is 0.391. The molecule has 1 radical (unpaired) electrons. The van der Waals surface area contributed by atoms with Gasteiger partial charge < -0.3 is 0 Å². The van der Waals surface area contributed by atoms with Gasteiger partial charge in [0.1, 0.15) is 6.20 Å². The van der Waals surface area contributed by atoms with E-state index in [0.29, 0.717) is 0 Å². The first-order valence-corrected chi connectivity index (χ1v) is 4.26. The smallest absolute Gasteiger partial charge is 0.116 e. The number of hydrogen-bond acceptors (Lipinski definition) is 3. The third-order valence-corrected chi connectivity index (χ3v) is 2.61. The average molecular weight is 144 g/mol. The maximum absolute atomic E-state index is 3.96. The summed E-state index contributed by atoms with van der Waals surface area (Å²) in [5, 5.41) is 1.09. The second kappa shape index (κ2) is 2.51. The molecule has 1 aromatic heterocycles. The van der Waals surface area contributed by atoms with E-state index in [9.17, 15) is 0 Å². The lowest BCUT2D eigenvalue weighted by Gasteiger charge is -1.77. The molecular weight excluding hydrogens is 138 g/mol. The first-order chi connectivity index (χ1) is 3.83. The van der Waals surface area contributed by atoms with Crippen molar-refractivity contribution in [2.24, 2.45) is 0 Å². The largest absolute Gasteiger partial charge is 0.239 e. The van der Waals surface area contributed by atoms with Crippen LogP contribution >= 0.6 is 23.1 Å². The molecule has 1 aromatic rings. The average Bonchev–Trinajstić information content (AvgIpc) is 2.14. The highest BCUT2D eigenvalue weighted by Gasteiger charge is 1.93. The minimum Gasteiger partial charge on any atom is -0.239 e. The fraction of sp³-hybridized carbons (Fsp3) is 0.400. The van der Waals surface area contributed by atoms with Crippen molar-refractivity contribution >= 4 is 23.1 Å². The van der Waals surface area contributed by atoms with E-state index in [2.05, 4.69) is 11.2 Å². The van der Waals surface area contributed by atoms with E-state index < -0.39 is 0 Å². The zero-order valence-electron chi connectivity index (χ0n) is 4.76. The molecule has 0 bridgehead atoms. The van der Waals surface area contributed by atoms with Crippen LogP contribution in [0, 0.1) is 13.1 Å². The van der Waals surface area contributed by atoms with Gasteiger partial charge in [0.2, 0.25) is 0 Å². The molecule has 0 amide bonds. The van der Waals surface area contributed by atoms with Gasteiger partial charge in [-0.2, -0.15) is 0 Å². The summed E-state index contributed by atoms with van der Waals surface area (Å²) in [5.74, 6) is 0. The molecule has 0 aliphatic heterocycles. The lowest BCUT2D eigenvalue weighted by atomic mass is 10.8. The molecule has 0 saturated heterocycles. The van der Waals surface area contributed by atoms with E-state index in [4.69, 9.17) is 0 Å². The van der Waals surface area contributed by atoms with Crippen LogP contribution in [0.25, 0.3) is 0 Å². The second-order valence-electron chi connectivity index (χ2n) is 1.34. The maximum atomic E-state index is 3.96. The molecule has 0 aromatic carbocycles. The SMILES string of the molecule is CSc1[c]nc(C)s1. The Morgan fingerprint density at radius 1 is 1.75 bits per heavy atom. The lowest BCUT2D eigenvalue weighted by Crippen LogP contribution is -1.58. The predicted molar refractivity (Wildman–Crippen MR) is 37.5 cm³/mol. The fourth-order valence-corrected chi connectivity index (χ4v) is 1.67. The Hall–Kier alpha value is -0.0200. The molecule has 1 heterocycles. The third kappa shape index (κ3) is 1.23. The Balaban J connectivity index is 2.84. The summed E-state index contributed by atoms with van der Waals surface area (Å²) >= 11 is 3.37. The van der Waals surface area contributed by atoms with Crippen LogP contribution in [0.15, 0.2) is 4.21 Å². The van der Waals surface area contributed by atoms with Crippen molar-refractivity contribution in [3.8, 4) is 0 Å². The second-order valence-corrected chi connectivity index (χ2v) is 3.61. The molecule has 1 nitrogen and oxygen atoms in total. The van der Waals surface area contributed by atoms with Crippen LogP contribution in [0.3, 0.4) is 0 Å². The number of aromatic nitrogens is 1. The van der Waals surface area contributed by atoms with Gasteiger partial charge in [0.05, 0.1) is 9.22 Å². The molecule has 3 heteroatoms. The van der Waals surface area contributed by atoms with E-state index in [1.54, 1.807) is 23.1 Å². The van der Waals surface area contributed by atoms with Crippen molar-refractivity contribution in [1.29, 1.82) is 0 Å². The van der Waals surface area contributed by atoms with Gasteiger partial charge in [0.15, 0.2) is 0 Å². The molecule has 0 aliphatic carbocycles. The number of nitrogens with zero attached hydrogens (tertiary/aromatic N) is 1. The van der Waals surface area contributed by atoms with Crippen LogP contribution in [0.4, 0.5) is 0 Å². The van der Waals surface area contributed by atoms with E-state index >= 15 is 0 Å².